The zero-order valence-corrected chi connectivity index (χ0v) is 11.3. The summed E-state index contributed by atoms with van der Waals surface area (Å²) in [5, 5.41) is 0. The Balaban J connectivity index is 2.03. The molecule has 1 saturated carbocycles. The maximum absolute atomic E-state index is 13.7. The number of hydrazine groups is 1. The Kier molecular flexibility index (Phi) is 4.88. The van der Waals surface area contributed by atoms with Crippen LogP contribution in [0.15, 0.2) is 18.2 Å². The Hall–Kier alpha value is -1.00. The van der Waals surface area contributed by atoms with Gasteiger partial charge in [-0.15, -0.1) is 0 Å². The van der Waals surface area contributed by atoms with E-state index in [4.69, 9.17) is 5.84 Å². The molecule has 0 bridgehead atoms. The summed E-state index contributed by atoms with van der Waals surface area (Å²) in [5.41, 5.74) is 3.35. The molecule has 2 nitrogen and oxygen atoms in total. The predicted octanol–water partition coefficient (Wildman–Crippen LogP) is 3.17. The van der Waals surface area contributed by atoms with Gasteiger partial charge in [-0.2, -0.15) is 0 Å². The number of benzene rings is 1. The van der Waals surface area contributed by atoms with E-state index in [0.29, 0.717) is 17.9 Å². The molecule has 1 aliphatic carbocycles. The molecule has 1 aromatic rings. The molecule has 19 heavy (non-hydrogen) atoms. The molecule has 3 N–H and O–H groups in total. The highest BCUT2D eigenvalue weighted by Gasteiger charge is 2.29. The second kappa shape index (κ2) is 6.44. The Labute approximate surface area is 113 Å². The Morgan fingerprint density at radius 1 is 1.37 bits per heavy atom. The van der Waals surface area contributed by atoms with Crippen molar-refractivity contribution in [1.29, 1.82) is 0 Å². The molecular formula is C15H22F2N2. The molecule has 4 heteroatoms. The summed E-state index contributed by atoms with van der Waals surface area (Å²) >= 11 is 0. The second-order valence-corrected chi connectivity index (χ2v) is 5.56. The third-order valence-corrected chi connectivity index (χ3v) is 4.40. The van der Waals surface area contributed by atoms with Gasteiger partial charge in [0.2, 0.25) is 0 Å². The summed E-state index contributed by atoms with van der Waals surface area (Å²) in [7, 11) is 0. The highest BCUT2D eigenvalue weighted by Crippen LogP contribution is 2.35. The molecule has 0 heterocycles. The number of halogens is 2. The van der Waals surface area contributed by atoms with E-state index in [0.717, 1.165) is 24.8 Å². The van der Waals surface area contributed by atoms with Crippen LogP contribution in [0.4, 0.5) is 8.78 Å². The molecular weight excluding hydrogens is 246 g/mol. The monoisotopic (exact) mass is 268 g/mol. The topological polar surface area (TPSA) is 38.0 Å². The van der Waals surface area contributed by atoms with Crippen LogP contribution in [0.5, 0.6) is 0 Å². The van der Waals surface area contributed by atoms with E-state index in [-0.39, 0.29) is 6.04 Å². The van der Waals surface area contributed by atoms with Gasteiger partial charge in [-0.25, -0.2) is 8.78 Å². The minimum absolute atomic E-state index is 0.0662. The number of nitrogens with two attached hydrogens (primary N) is 1. The van der Waals surface area contributed by atoms with E-state index in [9.17, 15) is 8.78 Å². The van der Waals surface area contributed by atoms with Gasteiger partial charge >= 0.3 is 0 Å². The van der Waals surface area contributed by atoms with Gasteiger partial charge in [0, 0.05) is 12.1 Å². The van der Waals surface area contributed by atoms with Gasteiger partial charge in [0.1, 0.15) is 11.6 Å². The van der Waals surface area contributed by atoms with Gasteiger partial charge in [-0.1, -0.05) is 25.8 Å². The van der Waals surface area contributed by atoms with Crippen LogP contribution >= 0.6 is 0 Å². The summed E-state index contributed by atoms with van der Waals surface area (Å²) in [6, 6.07) is 3.82. The van der Waals surface area contributed by atoms with Crippen molar-refractivity contribution >= 4 is 0 Å². The summed E-state index contributed by atoms with van der Waals surface area (Å²) in [6.45, 7) is 2.21. The third-order valence-electron chi connectivity index (χ3n) is 4.40. The van der Waals surface area contributed by atoms with E-state index < -0.39 is 11.6 Å². The first-order chi connectivity index (χ1) is 9.13. The van der Waals surface area contributed by atoms with Crippen LogP contribution in [-0.2, 0) is 6.42 Å². The zero-order valence-electron chi connectivity index (χ0n) is 11.3. The van der Waals surface area contributed by atoms with Crippen LogP contribution in [0.1, 0.15) is 38.2 Å². The normalized spacial score (nSPS) is 24.6. The summed E-state index contributed by atoms with van der Waals surface area (Å²) in [5.74, 6) is 5.85. The van der Waals surface area contributed by atoms with Crippen molar-refractivity contribution in [2.24, 2.45) is 17.7 Å². The second-order valence-electron chi connectivity index (χ2n) is 5.56. The van der Waals surface area contributed by atoms with Crippen LogP contribution in [0, 0.1) is 23.5 Å². The average Bonchev–Trinajstić information content (AvgIpc) is 2.86. The van der Waals surface area contributed by atoms with Crippen molar-refractivity contribution in [3.05, 3.63) is 35.4 Å². The first-order valence-corrected chi connectivity index (χ1v) is 7.04. The molecule has 1 fully saturated rings. The molecule has 0 aromatic heterocycles. The summed E-state index contributed by atoms with van der Waals surface area (Å²) < 4.78 is 26.6. The van der Waals surface area contributed by atoms with Crippen molar-refractivity contribution in [3.63, 3.8) is 0 Å². The average molecular weight is 268 g/mol. The number of rotatable bonds is 5. The lowest BCUT2D eigenvalue weighted by Gasteiger charge is -2.23. The molecule has 0 amide bonds. The van der Waals surface area contributed by atoms with Crippen molar-refractivity contribution in [1.82, 2.24) is 5.43 Å². The molecule has 0 spiro atoms. The lowest BCUT2D eigenvalue weighted by atomic mass is 9.91. The first kappa shape index (κ1) is 14.4. The van der Waals surface area contributed by atoms with Crippen LogP contribution in [-0.4, -0.2) is 6.04 Å². The largest absolute Gasteiger partial charge is 0.271 e. The number of nitrogens with one attached hydrogen (secondary N) is 1. The number of hydrogen-bond acceptors (Lipinski definition) is 2. The fourth-order valence-electron chi connectivity index (χ4n) is 3.14. The quantitative estimate of drug-likeness (QED) is 0.636. The Bertz CT molecular complexity index is 423. The van der Waals surface area contributed by atoms with E-state index in [1.807, 2.05) is 0 Å². The molecule has 0 aliphatic heterocycles. The molecule has 1 aliphatic rings. The molecule has 0 radical (unpaired) electrons. The van der Waals surface area contributed by atoms with Gasteiger partial charge < -0.3 is 0 Å². The van der Waals surface area contributed by atoms with E-state index in [1.165, 1.54) is 25.0 Å². The fourth-order valence-corrected chi connectivity index (χ4v) is 3.14. The van der Waals surface area contributed by atoms with Gasteiger partial charge in [-0.3, -0.25) is 11.3 Å². The van der Waals surface area contributed by atoms with E-state index >= 15 is 0 Å². The lowest BCUT2D eigenvalue weighted by molar-refractivity contribution is 0.344. The van der Waals surface area contributed by atoms with Crippen molar-refractivity contribution in [2.45, 2.75) is 45.1 Å². The van der Waals surface area contributed by atoms with Crippen molar-refractivity contribution in [3.8, 4) is 0 Å². The maximum atomic E-state index is 13.7. The van der Waals surface area contributed by atoms with Crippen LogP contribution in [0.25, 0.3) is 0 Å². The summed E-state index contributed by atoms with van der Waals surface area (Å²) in [4.78, 5) is 0. The van der Waals surface area contributed by atoms with Crippen LogP contribution < -0.4 is 11.3 Å². The van der Waals surface area contributed by atoms with Crippen LogP contribution in [0.2, 0.25) is 0 Å². The Morgan fingerprint density at radius 2 is 2.16 bits per heavy atom. The third kappa shape index (κ3) is 3.51. The standard InChI is InChI=1S/C15H22F2N2/c1-2-10-3-4-12(7-10)15(19-18)8-11-5-6-13(16)9-14(11)17/h5-6,9-10,12,15,19H,2-4,7-8,18H2,1H3. The predicted molar refractivity (Wildman–Crippen MR) is 72.3 cm³/mol. The SMILES string of the molecule is CCC1CCC(C(Cc2ccc(F)cc2F)NN)C1. The Morgan fingerprint density at radius 3 is 2.74 bits per heavy atom. The maximum Gasteiger partial charge on any atom is 0.129 e. The van der Waals surface area contributed by atoms with Crippen LogP contribution in [0.3, 0.4) is 0 Å². The van der Waals surface area contributed by atoms with Gasteiger partial charge in [0.15, 0.2) is 0 Å². The van der Waals surface area contributed by atoms with Gasteiger partial charge in [0.05, 0.1) is 0 Å². The molecule has 106 valence electrons. The van der Waals surface area contributed by atoms with Crippen molar-refractivity contribution in [2.75, 3.05) is 0 Å². The smallest absolute Gasteiger partial charge is 0.129 e. The molecule has 2 rings (SSSR count). The van der Waals surface area contributed by atoms with E-state index in [1.54, 1.807) is 0 Å². The highest BCUT2D eigenvalue weighted by atomic mass is 19.1. The molecule has 0 saturated heterocycles. The minimum atomic E-state index is -0.537. The summed E-state index contributed by atoms with van der Waals surface area (Å²) in [6.07, 6.45) is 5.22. The van der Waals surface area contributed by atoms with Gasteiger partial charge in [-0.05, 0) is 42.7 Å². The zero-order chi connectivity index (χ0) is 13.8. The fraction of sp³-hybridized carbons (Fsp3) is 0.600. The first-order valence-electron chi connectivity index (χ1n) is 7.04. The minimum Gasteiger partial charge on any atom is -0.271 e. The molecule has 3 unspecified atom stereocenters. The molecule has 1 aromatic carbocycles. The van der Waals surface area contributed by atoms with Crippen molar-refractivity contribution < 1.29 is 8.78 Å². The van der Waals surface area contributed by atoms with Gasteiger partial charge in [0.25, 0.3) is 0 Å². The molecule has 3 atom stereocenters. The number of hydrogen-bond donors (Lipinski definition) is 2. The highest BCUT2D eigenvalue weighted by molar-refractivity contribution is 5.20. The van der Waals surface area contributed by atoms with E-state index in [2.05, 4.69) is 12.3 Å². The lowest BCUT2D eigenvalue weighted by Crippen LogP contribution is -2.42.